The second kappa shape index (κ2) is 9.05. The number of pyridine rings is 1. The Kier molecular flexibility index (Phi) is 8.12. The van der Waals surface area contributed by atoms with Crippen LogP contribution in [0.15, 0.2) is 23.3 Å². The van der Waals surface area contributed by atoms with Crippen LogP contribution in [-0.2, 0) is 6.54 Å². The number of rotatable bonds is 4. The van der Waals surface area contributed by atoms with Crippen molar-refractivity contribution in [1.29, 1.82) is 0 Å². The summed E-state index contributed by atoms with van der Waals surface area (Å²) in [5, 5.41) is 7.21. The quantitative estimate of drug-likeness (QED) is 0.326. The molecule has 0 spiro atoms. The van der Waals surface area contributed by atoms with Gasteiger partial charge in [-0.25, -0.2) is 4.98 Å². The lowest BCUT2D eigenvalue weighted by Crippen LogP contribution is -2.43. The van der Waals surface area contributed by atoms with Crippen LogP contribution in [0.5, 0.6) is 0 Å². The van der Waals surface area contributed by atoms with Gasteiger partial charge in [0.25, 0.3) is 0 Å². The Bertz CT molecular complexity index is 461. The molecule has 1 atom stereocenters. The number of hydrogen-bond acceptors (Lipinski definition) is 3. The second-order valence-electron chi connectivity index (χ2n) is 5.17. The molecular formula is C14H22ClIN4S. The summed E-state index contributed by atoms with van der Waals surface area (Å²) in [6.07, 6.45) is 4.35. The third-order valence-corrected chi connectivity index (χ3v) is 5.16. The standard InChI is InChI=1S/C14H21ClN4S.HI/c1-14(6-3-7-20-14)10-19-13(16-2)18-9-11-4-5-12(15)17-8-11;/h4-5,8H,3,6-7,9-10H2,1-2H3,(H2,16,18,19);1H. The summed E-state index contributed by atoms with van der Waals surface area (Å²) in [7, 11) is 1.79. The van der Waals surface area contributed by atoms with E-state index < -0.39 is 0 Å². The van der Waals surface area contributed by atoms with E-state index in [1.54, 1.807) is 19.3 Å². The number of nitrogens with one attached hydrogen (secondary N) is 2. The molecule has 1 aromatic heterocycles. The molecule has 2 heterocycles. The number of thioether (sulfide) groups is 1. The molecule has 1 unspecified atom stereocenters. The molecule has 2 N–H and O–H groups in total. The van der Waals surface area contributed by atoms with Gasteiger partial charge in [0.2, 0.25) is 0 Å². The predicted octanol–water partition coefficient (Wildman–Crippen LogP) is 3.30. The zero-order valence-electron chi connectivity index (χ0n) is 12.4. The molecule has 1 aliphatic heterocycles. The Labute approximate surface area is 152 Å². The van der Waals surface area contributed by atoms with Crippen LogP contribution in [0.25, 0.3) is 0 Å². The smallest absolute Gasteiger partial charge is 0.191 e. The monoisotopic (exact) mass is 440 g/mol. The van der Waals surface area contributed by atoms with Gasteiger partial charge < -0.3 is 10.6 Å². The van der Waals surface area contributed by atoms with Crippen LogP contribution in [0.4, 0.5) is 0 Å². The van der Waals surface area contributed by atoms with Crippen molar-refractivity contribution < 1.29 is 0 Å². The Morgan fingerprint density at radius 2 is 2.29 bits per heavy atom. The molecule has 118 valence electrons. The average Bonchev–Trinajstić information content (AvgIpc) is 2.88. The van der Waals surface area contributed by atoms with Gasteiger partial charge in [-0.2, -0.15) is 11.8 Å². The molecule has 4 nitrogen and oxygen atoms in total. The largest absolute Gasteiger partial charge is 0.355 e. The molecule has 2 rings (SSSR count). The van der Waals surface area contributed by atoms with Crippen LogP contribution in [0.2, 0.25) is 5.15 Å². The fourth-order valence-corrected chi connectivity index (χ4v) is 3.52. The van der Waals surface area contributed by atoms with E-state index in [2.05, 4.69) is 27.5 Å². The van der Waals surface area contributed by atoms with Crippen molar-refractivity contribution in [3.05, 3.63) is 29.0 Å². The Morgan fingerprint density at radius 3 is 2.86 bits per heavy atom. The molecule has 0 radical (unpaired) electrons. The highest BCUT2D eigenvalue weighted by atomic mass is 127. The Hall–Kier alpha value is -0.210. The van der Waals surface area contributed by atoms with Crippen LogP contribution in [-0.4, -0.2) is 35.0 Å². The van der Waals surface area contributed by atoms with Gasteiger partial charge in [0.05, 0.1) is 0 Å². The predicted molar refractivity (Wildman–Crippen MR) is 103 cm³/mol. The minimum Gasteiger partial charge on any atom is -0.355 e. The first-order valence-corrected chi connectivity index (χ1v) is 8.17. The summed E-state index contributed by atoms with van der Waals surface area (Å²) in [5.74, 6) is 2.09. The molecule has 0 bridgehead atoms. The second-order valence-corrected chi connectivity index (χ2v) is 7.24. The van der Waals surface area contributed by atoms with E-state index in [1.165, 1.54) is 18.6 Å². The normalized spacial score (nSPS) is 21.8. The van der Waals surface area contributed by atoms with Crippen LogP contribution < -0.4 is 10.6 Å². The van der Waals surface area contributed by atoms with E-state index in [1.807, 2.05) is 17.8 Å². The number of aliphatic imine (C=N–C) groups is 1. The van der Waals surface area contributed by atoms with Crippen molar-refractivity contribution >= 4 is 53.3 Å². The first kappa shape index (κ1) is 18.8. The summed E-state index contributed by atoms with van der Waals surface area (Å²) >= 11 is 7.81. The highest BCUT2D eigenvalue weighted by Gasteiger charge is 2.29. The SMILES string of the molecule is CN=C(NCc1ccc(Cl)nc1)NCC1(C)CCCS1.I. The van der Waals surface area contributed by atoms with E-state index in [4.69, 9.17) is 11.6 Å². The summed E-state index contributed by atoms with van der Waals surface area (Å²) in [4.78, 5) is 8.32. The minimum absolute atomic E-state index is 0. The van der Waals surface area contributed by atoms with Crippen molar-refractivity contribution in [3.8, 4) is 0 Å². The van der Waals surface area contributed by atoms with E-state index in [9.17, 15) is 0 Å². The Balaban J connectivity index is 0.00000220. The van der Waals surface area contributed by atoms with E-state index in [0.717, 1.165) is 18.1 Å². The van der Waals surface area contributed by atoms with Crippen molar-refractivity contribution in [1.82, 2.24) is 15.6 Å². The van der Waals surface area contributed by atoms with E-state index in [0.29, 0.717) is 16.4 Å². The molecule has 7 heteroatoms. The Morgan fingerprint density at radius 1 is 1.48 bits per heavy atom. The van der Waals surface area contributed by atoms with Gasteiger partial charge in [-0.05, 0) is 37.1 Å². The maximum Gasteiger partial charge on any atom is 0.191 e. The van der Waals surface area contributed by atoms with Gasteiger partial charge in [-0.1, -0.05) is 17.7 Å². The molecule has 0 saturated carbocycles. The fraction of sp³-hybridized carbons (Fsp3) is 0.571. The maximum absolute atomic E-state index is 5.77. The maximum atomic E-state index is 5.77. The van der Waals surface area contributed by atoms with Crippen molar-refractivity contribution in [2.24, 2.45) is 4.99 Å². The molecule has 1 saturated heterocycles. The van der Waals surface area contributed by atoms with Gasteiger partial charge in [0.15, 0.2) is 5.96 Å². The number of hydrogen-bond donors (Lipinski definition) is 2. The number of guanidine groups is 1. The minimum atomic E-state index is 0. The van der Waals surface area contributed by atoms with Crippen LogP contribution in [0.3, 0.4) is 0 Å². The molecule has 1 fully saturated rings. The topological polar surface area (TPSA) is 49.3 Å². The van der Waals surface area contributed by atoms with Gasteiger partial charge in [0, 0.05) is 31.1 Å². The van der Waals surface area contributed by atoms with Gasteiger partial charge in [-0.15, -0.1) is 24.0 Å². The van der Waals surface area contributed by atoms with Crippen LogP contribution in [0.1, 0.15) is 25.3 Å². The van der Waals surface area contributed by atoms with Crippen molar-refractivity contribution in [2.45, 2.75) is 31.1 Å². The van der Waals surface area contributed by atoms with Gasteiger partial charge >= 0.3 is 0 Å². The highest BCUT2D eigenvalue weighted by molar-refractivity contribution is 14.0. The lowest BCUT2D eigenvalue weighted by atomic mass is 10.1. The first-order chi connectivity index (χ1) is 9.61. The third-order valence-electron chi connectivity index (χ3n) is 3.40. The average molecular weight is 441 g/mol. The van der Waals surface area contributed by atoms with Gasteiger partial charge in [0.1, 0.15) is 5.15 Å². The molecule has 21 heavy (non-hydrogen) atoms. The number of halogens is 2. The zero-order valence-corrected chi connectivity index (χ0v) is 16.3. The number of aromatic nitrogens is 1. The highest BCUT2D eigenvalue weighted by Crippen LogP contribution is 2.36. The lowest BCUT2D eigenvalue weighted by Gasteiger charge is -2.24. The summed E-state index contributed by atoms with van der Waals surface area (Å²) in [6, 6.07) is 3.76. The zero-order chi connectivity index (χ0) is 14.4. The fourth-order valence-electron chi connectivity index (χ4n) is 2.16. The van der Waals surface area contributed by atoms with E-state index in [-0.39, 0.29) is 24.0 Å². The summed E-state index contributed by atoms with van der Waals surface area (Å²) in [5.41, 5.74) is 1.08. The first-order valence-electron chi connectivity index (χ1n) is 6.80. The van der Waals surface area contributed by atoms with Crippen LogP contribution in [0, 0.1) is 0 Å². The molecule has 0 aromatic carbocycles. The lowest BCUT2D eigenvalue weighted by molar-refractivity contribution is 0.584. The molecular weight excluding hydrogens is 419 g/mol. The molecule has 0 amide bonds. The summed E-state index contributed by atoms with van der Waals surface area (Å²) < 4.78 is 0.333. The molecule has 0 aliphatic carbocycles. The number of nitrogens with zero attached hydrogens (tertiary/aromatic N) is 2. The third kappa shape index (κ3) is 6.20. The van der Waals surface area contributed by atoms with Gasteiger partial charge in [-0.3, -0.25) is 4.99 Å². The van der Waals surface area contributed by atoms with Crippen LogP contribution >= 0.6 is 47.3 Å². The molecule has 1 aliphatic rings. The summed E-state index contributed by atoms with van der Waals surface area (Å²) in [6.45, 7) is 3.94. The van der Waals surface area contributed by atoms with Crippen molar-refractivity contribution in [3.63, 3.8) is 0 Å². The van der Waals surface area contributed by atoms with Crippen molar-refractivity contribution in [2.75, 3.05) is 19.3 Å². The van der Waals surface area contributed by atoms with E-state index >= 15 is 0 Å². The molecule has 1 aromatic rings.